The number of aliphatic hydroxyl groups is 1. The van der Waals surface area contributed by atoms with E-state index in [1.165, 1.54) is 22.3 Å². The number of nitrogens with zero attached hydrogens (tertiary/aromatic N) is 1. The number of hydrogen-bond donors (Lipinski definition) is 2. The van der Waals surface area contributed by atoms with Crippen molar-refractivity contribution in [1.29, 1.82) is 0 Å². The molecule has 0 aliphatic heterocycles. The van der Waals surface area contributed by atoms with Gasteiger partial charge in [0.1, 0.15) is 0 Å². The van der Waals surface area contributed by atoms with Crippen LogP contribution in [0.2, 0.25) is 0 Å². The van der Waals surface area contributed by atoms with E-state index < -0.39 is 6.10 Å². The molecule has 3 atom stereocenters. The van der Waals surface area contributed by atoms with Crippen LogP contribution in [-0.2, 0) is 25.9 Å². The van der Waals surface area contributed by atoms with Gasteiger partial charge in [0.2, 0.25) is 0 Å². The smallest absolute Gasteiger partial charge is 0.0713 e. The van der Waals surface area contributed by atoms with Crippen molar-refractivity contribution in [3.63, 3.8) is 0 Å². The predicted molar refractivity (Wildman–Crippen MR) is 145 cm³/mol. The zero-order valence-corrected chi connectivity index (χ0v) is 20.3. The molecule has 3 N–H and O–H groups in total. The first kappa shape index (κ1) is 24.9. The molecule has 0 radical (unpaired) electrons. The minimum Gasteiger partial charge on any atom is -0.391 e. The Bertz CT molecular complexity index is 1060. The molecular weight excluding hydrogens is 428 g/mol. The summed E-state index contributed by atoms with van der Waals surface area (Å²) in [6.07, 6.45) is 1.51. The molecule has 0 saturated heterocycles. The van der Waals surface area contributed by atoms with E-state index in [0.717, 1.165) is 25.9 Å². The molecule has 4 aromatic rings. The quantitative estimate of drug-likeness (QED) is 0.286. The molecule has 0 aliphatic carbocycles. The van der Waals surface area contributed by atoms with Gasteiger partial charge < -0.3 is 10.8 Å². The number of nitrogens with two attached hydrogens (primary N) is 1. The molecule has 0 amide bonds. The molecule has 180 valence electrons. The van der Waals surface area contributed by atoms with Gasteiger partial charge >= 0.3 is 0 Å². The van der Waals surface area contributed by atoms with Crippen LogP contribution in [0.4, 0.5) is 0 Å². The highest BCUT2D eigenvalue weighted by atomic mass is 16.3. The third-order valence-electron chi connectivity index (χ3n) is 6.54. The summed E-state index contributed by atoms with van der Waals surface area (Å²) in [6.45, 7) is 1.52. The fourth-order valence-corrected chi connectivity index (χ4v) is 4.76. The van der Waals surface area contributed by atoms with Gasteiger partial charge in [0.15, 0.2) is 0 Å². The van der Waals surface area contributed by atoms with Crippen molar-refractivity contribution in [3.05, 3.63) is 144 Å². The third-order valence-corrected chi connectivity index (χ3v) is 6.54. The third kappa shape index (κ3) is 7.90. The molecule has 4 rings (SSSR count). The molecule has 3 heteroatoms. The van der Waals surface area contributed by atoms with Gasteiger partial charge in [-0.2, -0.15) is 0 Å². The minimum atomic E-state index is -0.554. The average molecular weight is 465 g/mol. The number of aliphatic hydroxyl groups excluding tert-OH is 1. The van der Waals surface area contributed by atoms with Crippen LogP contribution < -0.4 is 5.73 Å². The van der Waals surface area contributed by atoms with Crippen LogP contribution in [-0.4, -0.2) is 28.2 Å². The highest BCUT2D eigenvalue weighted by Crippen LogP contribution is 2.22. The number of rotatable bonds is 12. The monoisotopic (exact) mass is 464 g/mol. The summed E-state index contributed by atoms with van der Waals surface area (Å²) in [6, 6.07) is 41.6. The Hall–Kier alpha value is -3.24. The summed E-state index contributed by atoms with van der Waals surface area (Å²) in [4.78, 5) is 2.41. The molecule has 3 nitrogen and oxygen atoms in total. The largest absolute Gasteiger partial charge is 0.391 e. The lowest BCUT2D eigenvalue weighted by atomic mass is 9.92. The summed E-state index contributed by atoms with van der Waals surface area (Å²) in [5.74, 6) is 0. The topological polar surface area (TPSA) is 49.5 Å². The highest BCUT2D eigenvalue weighted by molar-refractivity contribution is 5.20. The summed E-state index contributed by atoms with van der Waals surface area (Å²) in [7, 11) is 0. The summed E-state index contributed by atoms with van der Waals surface area (Å²) in [5.41, 5.74) is 11.5. The first-order chi connectivity index (χ1) is 17.2. The van der Waals surface area contributed by atoms with Crippen LogP contribution in [0.25, 0.3) is 0 Å². The van der Waals surface area contributed by atoms with Gasteiger partial charge in [0.25, 0.3) is 0 Å². The molecule has 0 heterocycles. The second kappa shape index (κ2) is 13.0. The molecule has 0 aliphatic rings. The summed E-state index contributed by atoms with van der Waals surface area (Å²) in [5, 5.41) is 11.6. The Balaban J connectivity index is 1.58. The standard InChI is InChI=1S/C32H36N2O/c33-30(21-26-13-5-1-6-14-26)23-32(35)31(22-27-15-7-2-8-16-27)34(24-28-17-9-3-10-18-28)25-29-19-11-4-12-20-29/h1-20,30-32,35H,21-25,33H2. The Morgan fingerprint density at radius 1 is 0.543 bits per heavy atom. The van der Waals surface area contributed by atoms with E-state index in [1.54, 1.807) is 0 Å². The van der Waals surface area contributed by atoms with Gasteiger partial charge in [-0.05, 0) is 41.5 Å². The van der Waals surface area contributed by atoms with Crippen molar-refractivity contribution in [2.45, 2.75) is 50.5 Å². The maximum absolute atomic E-state index is 11.6. The second-order valence-corrected chi connectivity index (χ2v) is 9.39. The van der Waals surface area contributed by atoms with Gasteiger partial charge in [0.05, 0.1) is 6.10 Å². The van der Waals surface area contributed by atoms with E-state index in [-0.39, 0.29) is 12.1 Å². The van der Waals surface area contributed by atoms with Crippen LogP contribution in [0, 0.1) is 0 Å². The maximum atomic E-state index is 11.6. The van der Waals surface area contributed by atoms with Crippen LogP contribution in [0.5, 0.6) is 0 Å². The molecular formula is C32H36N2O. The van der Waals surface area contributed by atoms with Gasteiger partial charge in [-0.25, -0.2) is 0 Å². The molecule has 35 heavy (non-hydrogen) atoms. The van der Waals surface area contributed by atoms with E-state index in [1.807, 2.05) is 36.4 Å². The minimum absolute atomic E-state index is 0.0698. The van der Waals surface area contributed by atoms with Gasteiger partial charge in [-0.1, -0.05) is 121 Å². The fourth-order valence-electron chi connectivity index (χ4n) is 4.76. The fraction of sp³-hybridized carbons (Fsp3) is 0.250. The van der Waals surface area contributed by atoms with Crippen LogP contribution in [0.1, 0.15) is 28.7 Å². The molecule has 0 spiro atoms. The lowest BCUT2D eigenvalue weighted by Crippen LogP contribution is -2.46. The van der Waals surface area contributed by atoms with Crippen molar-refractivity contribution in [2.75, 3.05) is 0 Å². The predicted octanol–water partition coefficient (Wildman–Crippen LogP) is 5.62. The number of benzene rings is 4. The summed E-state index contributed by atoms with van der Waals surface area (Å²) < 4.78 is 0. The van der Waals surface area contributed by atoms with Crippen molar-refractivity contribution in [3.8, 4) is 0 Å². The van der Waals surface area contributed by atoms with Crippen molar-refractivity contribution in [2.24, 2.45) is 5.73 Å². The van der Waals surface area contributed by atoms with Crippen molar-refractivity contribution >= 4 is 0 Å². The zero-order valence-electron chi connectivity index (χ0n) is 20.3. The van der Waals surface area contributed by atoms with E-state index in [4.69, 9.17) is 5.73 Å². The zero-order chi connectivity index (χ0) is 24.3. The average Bonchev–Trinajstić information content (AvgIpc) is 2.89. The lowest BCUT2D eigenvalue weighted by molar-refractivity contribution is 0.0301. The number of hydrogen-bond acceptors (Lipinski definition) is 3. The van der Waals surface area contributed by atoms with Gasteiger partial charge in [-0.15, -0.1) is 0 Å². The molecule has 0 saturated carbocycles. The summed E-state index contributed by atoms with van der Waals surface area (Å²) >= 11 is 0. The van der Waals surface area contributed by atoms with Crippen molar-refractivity contribution in [1.82, 2.24) is 4.90 Å². The van der Waals surface area contributed by atoms with Crippen LogP contribution in [0.15, 0.2) is 121 Å². The molecule has 0 aromatic heterocycles. The van der Waals surface area contributed by atoms with Crippen LogP contribution >= 0.6 is 0 Å². The highest BCUT2D eigenvalue weighted by Gasteiger charge is 2.28. The Morgan fingerprint density at radius 3 is 1.34 bits per heavy atom. The van der Waals surface area contributed by atoms with Gasteiger partial charge in [0, 0.05) is 25.2 Å². The Morgan fingerprint density at radius 2 is 0.914 bits per heavy atom. The maximum Gasteiger partial charge on any atom is 0.0713 e. The van der Waals surface area contributed by atoms with Crippen molar-refractivity contribution < 1.29 is 5.11 Å². The Labute approximate surface area is 209 Å². The second-order valence-electron chi connectivity index (χ2n) is 9.39. The van der Waals surface area contributed by atoms with E-state index in [0.29, 0.717) is 6.42 Å². The molecule has 3 unspecified atom stereocenters. The van der Waals surface area contributed by atoms with Crippen LogP contribution in [0.3, 0.4) is 0 Å². The van der Waals surface area contributed by atoms with E-state index in [2.05, 4.69) is 89.8 Å². The SMILES string of the molecule is NC(Cc1ccccc1)CC(O)C(Cc1ccccc1)N(Cc1ccccc1)Cc1ccccc1. The first-order valence-electron chi connectivity index (χ1n) is 12.5. The normalized spacial score (nSPS) is 13.9. The molecule has 0 fully saturated rings. The van der Waals surface area contributed by atoms with E-state index >= 15 is 0 Å². The van der Waals surface area contributed by atoms with E-state index in [9.17, 15) is 5.11 Å². The first-order valence-corrected chi connectivity index (χ1v) is 12.5. The Kier molecular flexibility index (Phi) is 9.24. The lowest BCUT2D eigenvalue weighted by Gasteiger charge is -2.36. The van der Waals surface area contributed by atoms with Gasteiger partial charge in [-0.3, -0.25) is 4.90 Å². The molecule has 4 aromatic carbocycles. The molecule has 0 bridgehead atoms.